The van der Waals surface area contributed by atoms with Gasteiger partial charge in [-0.25, -0.2) is 0 Å². The summed E-state index contributed by atoms with van der Waals surface area (Å²) in [7, 11) is 0. The van der Waals surface area contributed by atoms with Crippen molar-refractivity contribution in [2.45, 2.75) is 39.3 Å². The number of aliphatic hydroxyl groups excluding tert-OH is 1. The Kier molecular flexibility index (Phi) is 4.36. The van der Waals surface area contributed by atoms with Crippen LogP contribution < -0.4 is 5.32 Å². The zero-order chi connectivity index (χ0) is 10.6. The molecule has 4 nitrogen and oxygen atoms in total. The van der Waals surface area contributed by atoms with E-state index in [-0.39, 0.29) is 12.6 Å². The predicted molar refractivity (Wildman–Crippen MR) is 50.6 cm³/mol. The molecule has 2 atom stereocenters. The summed E-state index contributed by atoms with van der Waals surface area (Å²) in [5.41, 5.74) is -0.427. The molecule has 0 aliphatic heterocycles. The van der Waals surface area contributed by atoms with Gasteiger partial charge in [0.05, 0.1) is 12.5 Å². The molecule has 0 aromatic rings. The maximum Gasteiger partial charge on any atom is 0.307 e. The predicted octanol–water partition coefficient (Wildman–Crippen LogP) is 0.456. The van der Waals surface area contributed by atoms with Crippen LogP contribution in [0, 0.1) is 5.92 Å². The second-order valence-electron chi connectivity index (χ2n) is 4.10. The fourth-order valence-corrected chi connectivity index (χ4v) is 1.00. The van der Waals surface area contributed by atoms with E-state index in [9.17, 15) is 4.79 Å². The van der Waals surface area contributed by atoms with E-state index in [1.54, 1.807) is 13.8 Å². The van der Waals surface area contributed by atoms with Crippen molar-refractivity contribution in [2.75, 3.05) is 6.61 Å². The van der Waals surface area contributed by atoms with Crippen molar-refractivity contribution >= 4 is 5.97 Å². The average Bonchev–Trinajstić information content (AvgIpc) is 2.02. The highest BCUT2D eigenvalue weighted by Crippen LogP contribution is 2.08. The lowest BCUT2D eigenvalue weighted by molar-refractivity contribution is -0.142. The molecule has 0 rings (SSSR count). The van der Waals surface area contributed by atoms with Gasteiger partial charge in [-0.2, -0.15) is 0 Å². The van der Waals surface area contributed by atoms with E-state index in [4.69, 9.17) is 10.2 Å². The molecule has 13 heavy (non-hydrogen) atoms. The zero-order valence-electron chi connectivity index (χ0n) is 8.66. The summed E-state index contributed by atoms with van der Waals surface area (Å²) in [6, 6.07) is -0.153. The molecule has 0 heterocycles. The maximum absolute atomic E-state index is 10.6. The van der Waals surface area contributed by atoms with Crippen molar-refractivity contribution in [3.63, 3.8) is 0 Å². The first-order valence-electron chi connectivity index (χ1n) is 4.41. The molecule has 0 fully saturated rings. The fraction of sp³-hybridized carbons (Fsp3) is 0.889. The van der Waals surface area contributed by atoms with Crippen molar-refractivity contribution in [1.82, 2.24) is 5.32 Å². The number of rotatable bonds is 5. The SMILES string of the molecule is CC(NC(C)(C)CO)C(C)C(=O)O. The summed E-state index contributed by atoms with van der Waals surface area (Å²) in [6.45, 7) is 7.10. The van der Waals surface area contributed by atoms with Gasteiger partial charge >= 0.3 is 5.97 Å². The van der Waals surface area contributed by atoms with Crippen LogP contribution in [-0.2, 0) is 4.79 Å². The lowest BCUT2D eigenvalue weighted by Gasteiger charge is -2.30. The van der Waals surface area contributed by atoms with Gasteiger partial charge in [0, 0.05) is 11.6 Å². The van der Waals surface area contributed by atoms with Gasteiger partial charge in [0.2, 0.25) is 0 Å². The lowest BCUT2D eigenvalue weighted by atomic mass is 9.99. The van der Waals surface area contributed by atoms with Crippen LogP contribution in [0.15, 0.2) is 0 Å². The third-order valence-corrected chi connectivity index (χ3v) is 2.15. The Hall–Kier alpha value is -0.610. The lowest BCUT2D eigenvalue weighted by Crippen LogP contribution is -2.50. The Morgan fingerprint density at radius 3 is 2.23 bits per heavy atom. The van der Waals surface area contributed by atoms with Gasteiger partial charge in [0.1, 0.15) is 0 Å². The summed E-state index contributed by atoms with van der Waals surface area (Å²) < 4.78 is 0. The van der Waals surface area contributed by atoms with E-state index < -0.39 is 17.4 Å². The quantitative estimate of drug-likeness (QED) is 0.587. The summed E-state index contributed by atoms with van der Waals surface area (Å²) in [5.74, 6) is -1.28. The molecule has 3 N–H and O–H groups in total. The van der Waals surface area contributed by atoms with E-state index in [0.29, 0.717) is 0 Å². The van der Waals surface area contributed by atoms with E-state index in [2.05, 4.69) is 5.32 Å². The first-order valence-corrected chi connectivity index (χ1v) is 4.41. The molecule has 0 amide bonds. The second kappa shape index (κ2) is 4.58. The van der Waals surface area contributed by atoms with Crippen LogP contribution in [0.4, 0.5) is 0 Å². The van der Waals surface area contributed by atoms with Crippen LogP contribution >= 0.6 is 0 Å². The van der Waals surface area contributed by atoms with Gasteiger partial charge in [0.15, 0.2) is 0 Å². The van der Waals surface area contributed by atoms with Crippen molar-refractivity contribution in [3.8, 4) is 0 Å². The normalized spacial score (nSPS) is 16.7. The molecule has 0 aliphatic rings. The number of hydrogen-bond acceptors (Lipinski definition) is 3. The van der Waals surface area contributed by atoms with E-state index in [1.165, 1.54) is 0 Å². The molecule has 4 heteroatoms. The number of carboxylic acids is 1. The minimum atomic E-state index is -0.825. The maximum atomic E-state index is 10.6. The first-order chi connectivity index (χ1) is 5.80. The van der Waals surface area contributed by atoms with Gasteiger partial charge in [-0.15, -0.1) is 0 Å². The molecular weight excluding hydrogens is 170 g/mol. The molecule has 0 aliphatic carbocycles. The zero-order valence-corrected chi connectivity index (χ0v) is 8.66. The standard InChI is InChI=1S/C9H19NO3/c1-6(8(12)13)7(2)10-9(3,4)5-11/h6-7,10-11H,5H2,1-4H3,(H,12,13). The Morgan fingerprint density at radius 2 is 1.92 bits per heavy atom. The smallest absolute Gasteiger partial charge is 0.307 e. The van der Waals surface area contributed by atoms with Crippen LogP contribution in [0.25, 0.3) is 0 Å². The molecule has 0 bridgehead atoms. The van der Waals surface area contributed by atoms with E-state index >= 15 is 0 Å². The van der Waals surface area contributed by atoms with E-state index in [1.807, 2.05) is 13.8 Å². The molecule has 0 aromatic carbocycles. The third-order valence-electron chi connectivity index (χ3n) is 2.15. The topological polar surface area (TPSA) is 69.6 Å². The largest absolute Gasteiger partial charge is 0.481 e. The minimum absolute atomic E-state index is 0.0102. The molecular formula is C9H19NO3. The molecule has 78 valence electrons. The molecule has 0 saturated carbocycles. The fourth-order valence-electron chi connectivity index (χ4n) is 1.00. The number of hydrogen-bond donors (Lipinski definition) is 3. The summed E-state index contributed by atoms with van der Waals surface area (Å²) in [4.78, 5) is 10.6. The van der Waals surface area contributed by atoms with Crippen LogP contribution in [0.2, 0.25) is 0 Å². The van der Waals surface area contributed by atoms with Gasteiger partial charge in [-0.05, 0) is 20.8 Å². The summed E-state index contributed by atoms with van der Waals surface area (Å²) >= 11 is 0. The number of carbonyl (C=O) groups is 1. The van der Waals surface area contributed by atoms with Gasteiger partial charge < -0.3 is 15.5 Å². The molecule has 0 radical (unpaired) electrons. The molecule has 2 unspecified atom stereocenters. The van der Waals surface area contributed by atoms with Crippen molar-refractivity contribution < 1.29 is 15.0 Å². The Balaban J connectivity index is 4.14. The van der Waals surface area contributed by atoms with Gasteiger partial charge in [0.25, 0.3) is 0 Å². The van der Waals surface area contributed by atoms with Crippen molar-refractivity contribution in [1.29, 1.82) is 0 Å². The number of aliphatic hydroxyl groups is 1. The van der Waals surface area contributed by atoms with Crippen molar-refractivity contribution in [2.24, 2.45) is 5.92 Å². The highest BCUT2D eigenvalue weighted by molar-refractivity contribution is 5.70. The molecule has 0 aromatic heterocycles. The molecule has 0 saturated heterocycles. The number of aliphatic carboxylic acids is 1. The Bertz CT molecular complexity index is 180. The van der Waals surface area contributed by atoms with Crippen molar-refractivity contribution in [3.05, 3.63) is 0 Å². The number of nitrogens with one attached hydrogen (secondary N) is 1. The highest BCUT2D eigenvalue weighted by Gasteiger charge is 2.25. The first kappa shape index (κ1) is 12.4. The third kappa shape index (κ3) is 4.24. The van der Waals surface area contributed by atoms with Crippen LogP contribution in [-0.4, -0.2) is 34.4 Å². The highest BCUT2D eigenvalue weighted by atomic mass is 16.4. The van der Waals surface area contributed by atoms with Crippen LogP contribution in [0.5, 0.6) is 0 Å². The Labute approximate surface area is 79.0 Å². The Morgan fingerprint density at radius 1 is 1.46 bits per heavy atom. The second-order valence-corrected chi connectivity index (χ2v) is 4.10. The van der Waals surface area contributed by atoms with Crippen LogP contribution in [0.3, 0.4) is 0 Å². The van der Waals surface area contributed by atoms with Gasteiger partial charge in [-0.3, -0.25) is 4.79 Å². The van der Waals surface area contributed by atoms with Gasteiger partial charge in [-0.1, -0.05) is 6.92 Å². The van der Waals surface area contributed by atoms with Crippen LogP contribution in [0.1, 0.15) is 27.7 Å². The average molecular weight is 189 g/mol. The monoisotopic (exact) mass is 189 g/mol. The summed E-state index contributed by atoms with van der Waals surface area (Å²) in [5, 5.41) is 20.7. The summed E-state index contributed by atoms with van der Waals surface area (Å²) in [6.07, 6.45) is 0. The minimum Gasteiger partial charge on any atom is -0.481 e. The number of carboxylic acid groups (broad SMARTS) is 1. The molecule has 0 spiro atoms. The van der Waals surface area contributed by atoms with E-state index in [0.717, 1.165) is 0 Å².